The number of hydrogen-bond donors (Lipinski definition) is 3. The van der Waals surface area contributed by atoms with Gasteiger partial charge >= 0.3 is 5.97 Å². The van der Waals surface area contributed by atoms with Crippen molar-refractivity contribution in [1.82, 2.24) is 0 Å². The monoisotopic (exact) mass is 256 g/mol. The minimum atomic E-state index is -0.993. The lowest BCUT2D eigenvalue weighted by atomic mass is 10.1. The Morgan fingerprint density at radius 2 is 2.29 bits per heavy atom. The van der Waals surface area contributed by atoms with E-state index in [0.29, 0.717) is 11.3 Å². The first-order valence-corrected chi connectivity index (χ1v) is 4.60. The van der Waals surface area contributed by atoms with Gasteiger partial charge in [0.1, 0.15) is 0 Å². The first-order valence-electron chi connectivity index (χ1n) is 3.80. The van der Waals surface area contributed by atoms with Gasteiger partial charge in [0.25, 0.3) is 0 Å². The molecule has 0 radical (unpaired) electrons. The van der Waals surface area contributed by atoms with Crippen molar-refractivity contribution in [3.8, 4) is 0 Å². The summed E-state index contributed by atoms with van der Waals surface area (Å²) < 4.78 is 0.863. The topological polar surface area (TPSA) is 75.3 Å². The Morgan fingerprint density at radius 3 is 2.86 bits per heavy atom. The molecule has 5 heteroatoms. The predicted octanol–water partition coefficient (Wildman–Crippen LogP) is 1.83. The van der Waals surface area contributed by atoms with Crippen LogP contribution in [0, 0.1) is 0 Å². The van der Waals surface area contributed by atoms with E-state index in [0.717, 1.165) is 10.5 Å². The van der Waals surface area contributed by atoms with Crippen LogP contribution in [0.2, 0.25) is 0 Å². The van der Waals surface area contributed by atoms with Crippen molar-refractivity contribution in [3.63, 3.8) is 0 Å². The van der Waals surface area contributed by atoms with Gasteiger partial charge in [-0.15, -0.1) is 0 Å². The number of rotatable bonds is 3. The Labute approximate surface area is 89.5 Å². The normalized spacial score (nSPS) is 10.4. The molecule has 0 aliphatic carbocycles. The summed E-state index contributed by atoms with van der Waals surface area (Å²) in [7, 11) is 0. The van der Waals surface area contributed by atoms with Gasteiger partial charge in [0.15, 0.2) is 0 Å². The number of carboxylic acid groups (broad SMARTS) is 1. The number of halogens is 1. The van der Waals surface area contributed by atoms with E-state index in [1.54, 1.807) is 12.1 Å². The Hall–Kier alpha value is -1.33. The minimum Gasteiger partial charge on any atom is -0.478 e. The minimum absolute atomic E-state index is 0.672. The van der Waals surface area contributed by atoms with E-state index >= 15 is 0 Å². The zero-order valence-electron chi connectivity index (χ0n) is 7.20. The first kappa shape index (κ1) is 10.7. The second-order valence-electron chi connectivity index (χ2n) is 2.55. The molecule has 0 aliphatic heterocycles. The molecule has 0 heterocycles. The first-order chi connectivity index (χ1) is 6.63. The molecule has 1 aromatic rings. The average molecular weight is 257 g/mol. The summed E-state index contributed by atoms with van der Waals surface area (Å²) in [5, 5.41) is 8.46. The van der Waals surface area contributed by atoms with Crippen molar-refractivity contribution < 1.29 is 9.90 Å². The van der Waals surface area contributed by atoms with Crippen LogP contribution < -0.4 is 11.3 Å². The molecule has 0 saturated carbocycles. The fourth-order valence-electron chi connectivity index (χ4n) is 0.964. The third kappa shape index (κ3) is 2.86. The molecule has 0 amide bonds. The number of hydrogen-bond acceptors (Lipinski definition) is 3. The van der Waals surface area contributed by atoms with Crippen molar-refractivity contribution in [1.29, 1.82) is 0 Å². The number of aliphatic carboxylic acids is 1. The lowest BCUT2D eigenvalue weighted by Crippen LogP contribution is -2.07. The van der Waals surface area contributed by atoms with Gasteiger partial charge < -0.3 is 10.5 Å². The van der Waals surface area contributed by atoms with Crippen LogP contribution >= 0.6 is 15.9 Å². The number of carbonyl (C=O) groups is 1. The van der Waals surface area contributed by atoms with Crippen LogP contribution in [-0.2, 0) is 4.79 Å². The van der Waals surface area contributed by atoms with Gasteiger partial charge in [-0.05, 0) is 24.3 Å². The fraction of sp³-hybridized carbons (Fsp3) is 0. The van der Waals surface area contributed by atoms with Crippen LogP contribution in [0.5, 0.6) is 0 Å². The second-order valence-corrected chi connectivity index (χ2v) is 3.46. The zero-order valence-corrected chi connectivity index (χ0v) is 8.78. The quantitative estimate of drug-likeness (QED) is 0.438. The van der Waals surface area contributed by atoms with Gasteiger partial charge in [0.05, 0.1) is 5.69 Å². The van der Waals surface area contributed by atoms with Crippen molar-refractivity contribution >= 4 is 33.7 Å². The molecule has 0 bridgehead atoms. The summed E-state index contributed by atoms with van der Waals surface area (Å²) >= 11 is 3.28. The van der Waals surface area contributed by atoms with Gasteiger partial charge in [-0.3, -0.25) is 5.84 Å². The molecule has 0 aromatic heterocycles. The van der Waals surface area contributed by atoms with E-state index in [1.807, 2.05) is 6.07 Å². The molecule has 1 rings (SSSR count). The maximum atomic E-state index is 10.3. The molecule has 0 saturated heterocycles. The lowest BCUT2D eigenvalue weighted by molar-refractivity contribution is -0.131. The molecule has 0 unspecified atom stereocenters. The number of anilines is 1. The van der Waals surface area contributed by atoms with Crippen molar-refractivity contribution in [3.05, 3.63) is 34.3 Å². The van der Waals surface area contributed by atoms with Crippen LogP contribution in [0.3, 0.4) is 0 Å². The number of nitrogen functional groups attached to an aromatic ring is 1. The summed E-state index contributed by atoms with van der Waals surface area (Å²) in [6.45, 7) is 0. The van der Waals surface area contributed by atoms with E-state index in [4.69, 9.17) is 10.9 Å². The van der Waals surface area contributed by atoms with E-state index in [-0.39, 0.29) is 0 Å². The Kier molecular flexibility index (Phi) is 3.67. The number of hydrazine groups is 1. The van der Waals surface area contributed by atoms with Gasteiger partial charge in [0.2, 0.25) is 0 Å². The van der Waals surface area contributed by atoms with Crippen LogP contribution in [0.15, 0.2) is 28.7 Å². The number of benzene rings is 1. The Bertz CT molecular complexity index is 377. The second kappa shape index (κ2) is 4.78. The highest BCUT2D eigenvalue weighted by atomic mass is 79.9. The number of carboxylic acids is 1. The van der Waals surface area contributed by atoms with Gasteiger partial charge in [0, 0.05) is 16.1 Å². The standard InChI is InChI=1S/C9H9BrN2O2/c10-7-2-3-8(12-11)6(5-7)1-4-9(13)14/h1-5,12H,11H2,(H,13,14)/b4-1+. The molecular weight excluding hydrogens is 248 g/mol. The highest BCUT2D eigenvalue weighted by molar-refractivity contribution is 9.10. The van der Waals surface area contributed by atoms with Gasteiger partial charge in [-0.25, -0.2) is 4.79 Å². The molecule has 4 N–H and O–H groups in total. The Balaban J connectivity index is 3.04. The maximum Gasteiger partial charge on any atom is 0.328 e. The largest absolute Gasteiger partial charge is 0.478 e. The van der Waals surface area contributed by atoms with Crippen LogP contribution in [0.1, 0.15) is 5.56 Å². The molecular formula is C9H9BrN2O2. The summed E-state index contributed by atoms with van der Waals surface area (Å²) in [6.07, 6.45) is 2.53. The van der Waals surface area contributed by atoms with Crippen LogP contribution in [0.4, 0.5) is 5.69 Å². The van der Waals surface area contributed by atoms with Gasteiger partial charge in [-0.1, -0.05) is 15.9 Å². The van der Waals surface area contributed by atoms with E-state index in [1.165, 1.54) is 6.08 Å². The molecule has 1 aromatic carbocycles. The number of nitrogens with one attached hydrogen (secondary N) is 1. The zero-order chi connectivity index (χ0) is 10.6. The van der Waals surface area contributed by atoms with Crippen molar-refractivity contribution in [2.24, 2.45) is 5.84 Å². The molecule has 0 fully saturated rings. The summed E-state index contributed by atoms with van der Waals surface area (Å²) in [6, 6.07) is 5.34. The maximum absolute atomic E-state index is 10.3. The van der Waals surface area contributed by atoms with E-state index < -0.39 is 5.97 Å². The molecule has 74 valence electrons. The molecule has 4 nitrogen and oxygen atoms in total. The highest BCUT2D eigenvalue weighted by Gasteiger charge is 1.98. The lowest BCUT2D eigenvalue weighted by Gasteiger charge is -2.04. The van der Waals surface area contributed by atoms with Gasteiger partial charge in [-0.2, -0.15) is 0 Å². The molecule has 0 spiro atoms. The van der Waals surface area contributed by atoms with Crippen LogP contribution in [0.25, 0.3) is 6.08 Å². The van der Waals surface area contributed by atoms with Crippen LogP contribution in [-0.4, -0.2) is 11.1 Å². The van der Waals surface area contributed by atoms with E-state index in [2.05, 4.69) is 21.4 Å². The summed E-state index contributed by atoms with van der Waals surface area (Å²) in [4.78, 5) is 10.3. The third-order valence-corrected chi connectivity index (χ3v) is 2.07. The molecule has 0 aliphatic rings. The SMILES string of the molecule is NNc1ccc(Br)cc1/C=C/C(=O)O. The fourth-order valence-corrected chi connectivity index (χ4v) is 1.34. The van der Waals surface area contributed by atoms with Crippen molar-refractivity contribution in [2.45, 2.75) is 0 Å². The predicted molar refractivity (Wildman–Crippen MR) is 58.6 cm³/mol. The summed E-state index contributed by atoms with van der Waals surface area (Å²) in [5.41, 5.74) is 3.87. The third-order valence-electron chi connectivity index (χ3n) is 1.57. The summed E-state index contributed by atoms with van der Waals surface area (Å²) in [5.74, 6) is 4.27. The number of nitrogens with two attached hydrogens (primary N) is 1. The molecule has 0 atom stereocenters. The van der Waals surface area contributed by atoms with E-state index in [9.17, 15) is 4.79 Å². The smallest absolute Gasteiger partial charge is 0.328 e. The highest BCUT2D eigenvalue weighted by Crippen LogP contribution is 2.21. The Morgan fingerprint density at radius 1 is 1.57 bits per heavy atom. The van der Waals surface area contributed by atoms with Crippen molar-refractivity contribution in [2.75, 3.05) is 5.43 Å². The molecule has 14 heavy (non-hydrogen) atoms. The average Bonchev–Trinajstić information content (AvgIpc) is 2.15.